The van der Waals surface area contributed by atoms with Crippen molar-refractivity contribution >= 4 is 6.09 Å². The molecule has 0 aromatic rings. The van der Waals surface area contributed by atoms with Crippen LogP contribution in [0, 0.1) is 11.8 Å². The summed E-state index contributed by atoms with van der Waals surface area (Å²) in [7, 11) is 0. The zero-order valence-corrected chi connectivity index (χ0v) is 11.1. The van der Waals surface area contributed by atoms with Crippen molar-refractivity contribution in [3.05, 3.63) is 0 Å². The highest BCUT2D eigenvalue weighted by atomic mass is 16.6. The van der Waals surface area contributed by atoms with E-state index < -0.39 is 5.60 Å². The van der Waals surface area contributed by atoms with Gasteiger partial charge in [0, 0.05) is 19.1 Å². The van der Waals surface area contributed by atoms with Crippen molar-refractivity contribution in [1.29, 1.82) is 0 Å². The Morgan fingerprint density at radius 2 is 1.94 bits per heavy atom. The quantitative estimate of drug-likeness (QED) is 0.704. The predicted molar refractivity (Wildman–Crippen MR) is 66.6 cm³/mol. The molecule has 4 heteroatoms. The molecule has 2 aliphatic rings. The van der Waals surface area contributed by atoms with Crippen molar-refractivity contribution in [2.75, 3.05) is 13.1 Å². The molecule has 1 aliphatic carbocycles. The molecule has 1 amide bonds. The molecule has 2 N–H and O–H groups in total. The number of amides is 1. The third-order valence-electron chi connectivity index (χ3n) is 3.75. The van der Waals surface area contributed by atoms with Crippen LogP contribution in [-0.2, 0) is 4.74 Å². The van der Waals surface area contributed by atoms with E-state index in [-0.39, 0.29) is 6.09 Å². The molecule has 3 atom stereocenters. The fraction of sp³-hybridized carbons (Fsp3) is 0.923. The molecule has 4 nitrogen and oxygen atoms in total. The number of rotatable bonds is 0. The Morgan fingerprint density at radius 1 is 1.29 bits per heavy atom. The van der Waals surface area contributed by atoms with Crippen molar-refractivity contribution in [2.45, 2.75) is 51.7 Å². The largest absolute Gasteiger partial charge is 0.444 e. The zero-order valence-electron chi connectivity index (χ0n) is 11.1. The summed E-state index contributed by atoms with van der Waals surface area (Å²) in [5.74, 6) is 1.31. The molecular formula is C13H24N2O2. The van der Waals surface area contributed by atoms with E-state index in [1.165, 1.54) is 0 Å². The molecule has 0 spiro atoms. The molecular weight excluding hydrogens is 216 g/mol. The minimum Gasteiger partial charge on any atom is -0.444 e. The van der Waals surface area contributed by atoms with Gasteiger partial charge in [0.05, 0.1) is 0 Å². The molecule has 0 aromatic carbocycles. The second-order valence-electron chi connectivity index (χ2n) is 6.47. The van der Waals surface area contributed by atoms with E-state index in [0.717, 1.165) is 38.3 Å². The Kier molecular flexibility index (Phi) is 3.34. The van der Waals surface area contributed by atoms with Crippen molar-refractivity contribution in [3.8, 4) is 0 Å². The number of nitrogens with zero attached hydrogens (tertiary/aromatic N) is 1. The lowest BCUT2D eigenvalue weighted by molar-refractivity contribution is 0.0127. The standard InChI is InChI=1S/C13H24N2O2/c1-13(2,3)17-12(16)15-5-4-9-6-11(14)7-10(9)8-15/h9-11H,4-8,14H2,1-3H3/t9-,10-,11-/m0/s1. The van der Waals surface area contributed by atoms with Gasteiger partial charge in [0.15, 0.2) is 0 Å². The van der Waals surface area contributed by atoms with E-state index in [0.29, 0.717) is 12.0 Å². The lowest BCUT2D eigenvalue weighted by atomic mass is 9.89. The molecule has 1 saturated carbocycles. The molecule has 1 saturated heterocycles. The molecule has 2 fully saturated rings. The Labute approximate surface area is 103 Å². The summed E-state index contributed by atoms with van der Waals surface area (Å²) in [4.78, 5) is 13.8. The average molecular weight is 240 g/mol. The first-order valence-corrected chi connectivity index (χ1v) is 6.58. The van der Waals surface area contributed by atoms with Gasteiger partial charge in [-0.25, -0.2) is 4.79 Å². The maximum Gasteiger partial charge on any atom is 0.410 e. The SMILES string of the molecule is CC(C)(C)OC(=O)N1CC[C@H]2C[C@H](N)C[C@H]2C1. The van der Waals surface area contributed by atoms with Crippen molar-refractivity contribution in [2.24, 2.45) is 17.6 Å². The van der Waals surface area contributed by atoms with Gasteiger partial charge in [0.2, 0.25) is 0 Å². The summed E-state index contributed by atoms with van der Waals surface area (Å²) >= 11 is 0. The lowest BCUT2D eigenvalue weighted by Crippen LogP contribution is -2.44. The van der Waals surface area contributed by atoms with Gasteiger partial charge in [-0.05, 0) is 51.9 Å². The maximum atomic E-state index is 12.0. The maximum absolute atomic E-state index is 12.0. The Balaban J connectivity index is 1.90. The van der Waals surface area contributed by atoms with Gasteiger partial charge in [-0.3, -0.25) is 0 Å². The van der Waals surface area contributed by atoms with Crippen LogP contribution in [0.2, 0.25) is 0 Å². The molecule has 0 radical (unpaired) electrons. The molecule has 98 valence electrons. The van der Waals surface area contributed by atoms with E-state index in [9.17, 15) is 4.79 Å². The van der Waals surface area contributed by atoms with Crippen LogP contribution < -0.4 is 5.73 Å². The van der Waals surface area contributed by atoms with Crippen LogP contribution in [0.4, 0.5) is 4.79 Å². The molecule has 0 aromatic heterocycles. The summed E-state index contributed by atoms with van der Waals surface area (Å²) in [6.07, 6.45) is 3.10. The number of carbonyl (C=O) groups is 1. The summed E-state index contributed by atoms with van der Waals surface area (Å²) in [6, 6.07) is 0.337. The Morgan fingerprint density at radius 3 is 2.59 bits per heavy atom. The zero-order chi connectivity index (χ0) is 12.6. The van der Waals surface area contributed by atoms with Crippen LogP contribution >= 0.6 is 0 Å². The summed E-state index contributed by atoms with van der Waals surface area (Å²) in [5.41, 5.74) is 5.58. The Bertz CT molecular complexity index is 298. The van der Waals surface area contributed by atoms with Crippen LogP contribution in [0.15, 0.2) is 0 Å². The third kappa shape index (κ3) is 3.12. The van der Waals surface area contributed by atoms with E-state index >= 15 is 0 Å². The minimum atomic E-state index is -0.403. The third-order valence-corrected chi connectivity index (χ3v) is 3.75. The number of ether oxygens (including phenoxy) is 1. The number of nitrogens with two attached hydrogens (primary N) is 1. The molecule has 0 unspecified atom stereocenters. The van der Waals surface area contributed by atoms with Crippen LogP contribution in [0.25, 0.3) is 0 Å². The number of likely N-dealkylation sites (tertiary alicyclic amines) is 1. The van der Waals surface area contributed by atoms with E-state index in [2.05, 4.69) is 0 Å². The highest BCUT2D eigenvalue weighted by molar-refractivity contribution is 5.68. The second kappa shape index (κ2) is 4.48. The van der Waals surface area contributed by atoms with Gasteiger partial charge < -0.3 is 15.4 Å². The van der Waals surface area contributed by atoms with Crippen molar-refractivity contribution < 1.29 is 9.53 Å². The number of hydrogen-bond acceptors (Lipinski definition) is 3. The highest BCUT2D eigenvalue weighted by Crippen LogP contribution is 2.37. The summed E-state index contributed by atoms with van der Waals surface area (Å²) < 4.78 is 5.41. The number of carbonyl (C=O) groups excluding carboxylic acids is 1. The molecule has 17 heavy (non-hydrogen) atoms. The van der Waals surface area contributed by atoms with Crippen LogP contribution in [0.5, 0.6) is 0 Å². The predicted octanol–water partition coefficient (Wildman–Crippen LogP) is 1.98. The number of piperidine rings is 1. The number of fused-ring (bicyclic) bond motifs is 1. The normalized spacial score (nSPS) is 33.4. The van der Waals surface area contributed by atoms with E-state index in [4.69, 9.17) is 10.5 Å². The molecule has 1 heterocycles. The second-order valence-corrected chi connectivity index (χ2v) is 6.47. The smallest absolute Gasteiger partial charge is 0.410 e. The van der Waals surface area contributed by atoms with Gasteiger partial charge in [-0.15, -0.1) is 0 Å². The summed E-state index contributed by atoms with van der Waals surface area (Å²) in [6.45, 7) is 7.37. The lowest BCUT2D eigenvalue weighted by Gasteiger charge is -2.35. The molecule has 1 aliphatic heterocycles. The van der Waals surface area contributed by atoms with Crippen molar-refractivity contribution in [1.82, 2.24) is 4.90 Å². The topological polar surface area (TPSA) is 55.6 Å². The first-order valence-electron chi connectivity index (χ1n) is 6.58. The van der Waals surface area contributed by atoms with Gasteiger partial charge in [0.1, 0.15) is 5.60 Å². The molecule has 2 rings (SSSR count). The van der Waals surface area contributed by atoms with Gasteiger partial charge in [-0.2, -0.15) is 0 Å². The Hall–Kier alpha value is -0.770. The monoisotopic (exact) mass is 240 g/mol. The van der Waals surface area contributed by atoms with Crippen LogP contribution in [0.3, 0.4) is 0 Å². The first-order chi connectivity index (χ1) is 7.85. The van der Waals surface area contributed by atoms with Crippen LogP contribution in [0.1, 0.15) is 40.0 Å². The van der Waals surface area contributed by atoms with Crippen LogP contribution in [-0.4, -0.2) is 35.7 Å². The average Bonchev–Trinajstić information content (AvgIpc) is 2.53. The van der Waals surface area contributed by atoms with Gasteiger partial charge in [0.25, 0.3) is 0 Å². The van der Waals surface area contributed by atoms with Crippen molar-refractivity contribution in [3.63, 3.8) is 0 Å². The number of hydrogen-bond donors (Lipinski definition) is 1. The highest BCUT2D eigenvalue weighted by Gasteiger charge is 2.38. The molecule has 0 bridgehead atoms. The van der Waals surface area contributed by atoms with Gasteiger partial charge >= 0.3 is 6.09 Å². The first kappa shape index (κ1) is 12.7. The van der Waals surface area contributed by atoms with E-state index in [1.807, 2.05) is 25.7 Å². The fourth-order valence-corrected chi connectivity index (χ4v) is 3.02. The summed E-state index contributed by atoms with van der Waals surface area (Å²) in [5, 5.41) is 0. The van der Waals surface area contributed by atoms with E-state index in [1.54, 1.807) is 0 Å². The van der Waals surface area contributed by atoms with Gasteiger partial charge in [-0.1, -0.05) is 0 Å². The fourth-order valence-electron chi connectivity index (χ4n) is 3.02. The minimum absolute atomic E-state index is 0.170.